The Bertz CT molecular complexity index is 732. The Kier molecular flexibility index (Phi) is 3.12. The van der Waals surface area contributed by atoms with E-state index in [1.807, 2.05) is 24.4 Å². The van der Waals surface area contributed by atoms with Crippen molar-refractivity contribution in [1.82, 2.24) is 9.55 Å². The van der Waals surface area contributed by atoms with E-state index < -0.39 is 0 Å². The number of rotatable bonds is 2. The maximum absolute atomic E-state index is 11.5. The summed E-state index contributed by atoms with van der Waals surface area (Å²) in [6.45, 7) is 2.08. The smallest absolute Gasteiger partial charge is 0.235 e. The maximum Gasteiger partial charge on any atom is 0.235 e. The molecule has 2 aliphatic heterocycles. The Labute approximate surface area is 119 Å². The maximum atomic E-state index is 11.5. The molecule has 1 aromatic rings. The molecule has 2 aliphatic rings. The van der Waals surface area contributed by atoms with Crippen molar-refractivity contribution in [2.45, 2.75) is 13.0 Å². The van der Waals surface area contributed by atoms with Gasteiger partial charge in [0.1, 0.15) is 5.15 Å². The molecule has 0 N–H and O–H groups in total. The van der Waals surface area contributed by atoms with E-state index in [4.69, 9.17) is 11.6 Å². The van der Waals surface area contributed by atoms with Gasteiger partial charge in [-0.1, -0.05) is 29.0 Å². The standard InChI is InChI=1S/C14H11ClN2OS/c1-9(10-4-5-13(15)16-8-10)17-6-2-3-12-11(17)7-14(18)19-12/h2-9H,1H3. The Morgan fingerprint density at radius 3 is 2.95 bits per heavy atom. The molecule has 0 aromatic carbocycles. The quantitative estimate of drug-likeness (QED) is 0.675. The first-order valence-corrected chi connectivity index (χ1v) is 7.07. The molecule has 3 nitrogen and oxygen atoms in total. The largest absolute Gasteiger partial charge is 0.339 e. The van der Waals surface area contributed by atoms with Crippen molar-refractivity contribution in [3.63, 3.8) is 0 Å². The Balaban J connectivity index is 2.09. The van der Waals surface area contributed by atoms with Gasteiger partial charge in [-0.25, -0.2) is 4.98 Å². The van der Waals surface area contributed by atoms with Gasteiger partial charge in [0.05, 0.1) is 16.6 Å². The normalized spacial score (nSPS) is 12.7. The molecule has 0 amide bonds. The third-order valence-electron chi connectivity index (χ3n) is 3.14. The van der Waals surface area contributed by atoms with Crippen molar-refractivity contribution in [2.75, 3.05) is 0 Å². The first kappa shape index (κ1) is 12.4. The third kappa shape index (κ3) is 2.29. The van der Waals surface area contributed by atoms with Crippen LogP contribution in [0.25, 0.3) is 10.6 Å². The van der Waals surface area contributed by atoms with Gasteiger partial charge in [-0.15, -0.1) is 0 Å². The average Bonchev–Trinajstić information content (AvgIpc) is 2.78. The van der Waals surface area contributed by atoms with Crippen molar-refractivity contribution >= 4 is 22.9 Å². The van der Waals surface area contributed by atoms with Crippen LogP contribution in [0.1, 0.15) is 18.5 Å². The van der Waals surface area contributed by atoms with Gasteiger partial charge in [-0.05, 0) is 30.7 Å². The zero-order valence-electron chi connectivity index (χ0n) is 10.2. The number of fused-ring (bicyclic) bond motifs is 1. The summed E-state index contributed by atoms with van der Waals surface area (Å²) in [7, 11) is 0. The van der Waals surface area contributed by atoms with Crippen molar-refractivity contribution in [3.05, 3.63) is 63.0 Å². The summed E-state index contributed by atoms with van der Waals surface area (Å²) in [5, 5.41) is 0.483. The monoisotopic (exact) mass is 290 g/mol. The molecule has 3 heterocycles. The first-order valence-electron chi connectivity index (χ1n) is 5.87. The molecule has 0 aliphatic carbocycles. The molecule has 0 bridgehead atoms. The molecule has 96 valence electrons. The van der Waals surface area contributed by atoms with Gasteiger partial charge in [0.2, 0.25) is 4.74 Å². The number of aromatic nitrogens is 2. The van der Waals surface area contributed by atoms with Gasteiger partial charge >= 0.3 is 0 Å². The third-order valence-corrected chi connectivity index (χ3v) is 4.25. The summed E-state index contributed by atoms with van der Waals surface area (Å²) in [6.07, 6.45) is 3.75. The highest BCUT2D eigenvalue weighted by molar-refractivity contribution is 7.13. The average molecular weight is 291 g/mol. The minimum atomic E-state index is 0.0800. The van der Waals surface area contributed by atoms with Crippen LogP contribution in [0.3, 0.4) is 0 Å². The Hall–Kier alpha value is -1.65. The lowest BCUT2D eigenvalue weighted by Crippen LogP contribution is -2.09. The minimum absolute atomic E-state index is 0.0800. The number of nitrogens with zero attached hydrogens (tertiary/aromatic N) is 2. The Morgan fingerprint density at radius 1 is 1.37 bits per heavy atom. The molecule has 5 heteroatoms. The van der Waals surface area contributed by atoms with Gasteiger partial charge in [-0.2, -0.15) is 0 Å². The molecule has 0 fully saturated rings. The molecular formula is C14H11ClN2OS. The van der Waals surface area contributed by atoms with Crippen molar-refractivity contribution in [2.24, 2.45) is 0 Å². The fourth-order valence-corrected chi connectivity index (χ4v) is 3.04. The summed E-state index contributed by atoms with van der Waals surface area (Å²) < 4.78 is 2.16. The van der Waals surface area contributed by atoms with Gasteiger partial charge in [0, 0.05) is 18.5 Å². The molecule has 1 atom stereocenters. The number of hydrogen-bond acceptors (Lipinski definition) is 3. The summed E-state index contributed by atoms with van der Waals surface area (Å²) in [5.74, 6) is 0. The lowest BCUT2D eigenvalue weighted by molar-refractivity contribution is 0.640. The SMILES string of the molecule is CC(c1ccc(Cl)nc1)n1cccc2sc(=O)cc1-2. The Morgan fingerprint density at radius 2 is 2.21 bits per heavy atom. The van der Waals surface area contributed by atoms with Gasteiger partial charge < -0.3 is 4.57 Å². The second-order valence-electron chi connectivity index (χ2n) is 4.32. The van der Waals surface area contributed by atoms with E-state index >= 15 is 0 Å². The van der Waals surface area contributed by atoms with Crippen molar-refractivity contribution in [3.8, 4) is 10.6 Å². The molecule has 19 heavy (non-hydrogen) atoms. The van der Waals surface area contributed by atoms with Crippen LogP contribution < -0.4 is 4.74 Å². The molecule has 0 spiro atoms. The fraction of sp³-hybridized carbons (Fsp3) is 0.143. The summed E-state index contributed by atoms with van der Waals surface area (Å²) in [4.78, 5) is 16.6. The van der Waals surface area contributed by atoms with Crippen LogP contribution >= 0.6 is 22.9 Å². The highest BCUT2D eigenvalue weighted by Gasteiger charge is 2.15. The van der Waals surface area contributed by atoms with Crippen molar-refractivity contribution < 1.29 is 0 Å². The van der Waals surface area contributed by atoms with Crippen LogP contribution in [0.5, 0.6) is 0 Å². The van der Waals surface area contributed by atoms with Crippen LogP contribution in [0, 0.1) is 0 Å². The number of hydrogen-bond donors (Lipinski definition) is 0. The fourth-order valence-electron chi connectivity index (χ4n) is 2.13. The lowest BCUT2D eigenvalue weighted by atomic mass is 10.1. The molecule has 3 rings (SSSR count). The van der Waals surface area contributed by atoms with E-state index in [1.165, 1.54) is 11.3 Å². The molecular weight excluding hydrogens is 280 g/mol. The van der Waals surface area contributed by atoms with E-state index in [-0.39, 0.29) is 10.8 Å². The van der Waals surface area contributed by atoms with Crippen LogP contribution in [0.15, 0.2) is 47.5 Å². The zero-order valence-corrected chi connectivity index (χ0v) is 11.8. The summed E-state index contributed by atoms with van der Waals surface area (Å²) >= 11 is 7.07. The van der Waals surface area contributed by atoms with E-state index in [0.717, 1.165) is 16.1 Å². The van der Waals surface area contributed by atoms with E-state index in [9.17, 15) is 4.79 Å². The van der Waals surface area contributed by atoms with E-state index in [2.05, 4.69) is 16.5 Å². The highest BCUT2D eigenvalue weighted by atomic mass is 35.5. The predicted octanol–water partition coefficient (Wildman–Crippen LogP) is 3.67. The number of thiophene rings is 1. The zero-order chi connectivity index (χ0) is 13.4. The van der Waals surface area contributed by atoms with Crippen LogP contribution in [-0.2, 0) is 0 Å². The topological polar surface area (TPSA) is 34.9 Å². The van der Waals surface area contributed by atoms with Crippen LogP contribution in [-0.4, -0.2) is 9.55 Å². The molecule has 0 saturated carbocycles. The van der Waals surface area contributed by atoms with Crippen LogP contribution in [0.2, 0.25) is 5.15 Å². The molecule has 1 unspecified atom stereocenters. The van der Waals surface area contributed by atoms with Crippen molar-refractivity contribution in [1.29, 1.82) is 0 Å². The van der Waals surface area contributed by atoms with E-state index in [1.54, 1.807) is 18.3 Å². The second-order valence-corrected chi connectivity index (χ2v) is 5.75. The summed E-state index contributed by atoms with van der Waals surface area (Å²) in [6, 6.07) is 9.43. The first-order chi connectivity index (χ1) is 9.15. The molecule has 1 aromatic heterocycles. The number of halogens is 1. The second kappa shape index (κ2) is 4.79. The van der Waals surface area contributed by atoms with E-state index in [0.29, 0.717) is 5.15 Å². The number of pyridine rings is 2. The minimum Gasteiger partial charge on any atom is -0.339 e. The molecule has 0 radical (unpaired) electrons. The highest BCUT2D eigenvalue weighted by Crippen LogP contribution is 2.29. The van der Waals surface area contributed by atoms with Gasteiger partial charge in [-0.3, -0.25) is 4.79 Å². The van der Waals surface area contributed by atoms with Gasteiger partial charge in [0.25, 0.3) is 0 Å². The predicted molar refractivity (Wildman–Crippen MR) is 78.3 cm³/mol. The lowest BCUT2D eigenvalue weighted by Gasteiger charge is -2.19. The summed E-state index contributed by atoms with van der Waals surface area (Å²) in [5.41, 5.74) is 2.01. The molecule has 0 saturated heterocycles. The van der Waals surface area contributed by atoms with Gasteiger partial charge in [0.15, 0.2) is 0 Å². The van der Waals surface area contributed by atoms with Crippen LogP contribution in [0.4, 0.5) is 0 Å².